The van der Waals surface area contributed by atoms with Crippen molar-refractivity contribution >= 4 is 18.7 Å². The average Bonchev–Trinajstić information content (AvgIpc) is 2.81. The van der Waals surface area contributed by atoms with Gasteiger partial charge in [0.25, 0.3) is 8.32 Å². The van der Waals surface area contributed by atoms with Crippen LogP contribution >= 0.6 is 0 Å². The van der Waals surface area contributed by atoms with Gasteiger partial charge in [0, 0.05) is 0 Å². The maximum absolute atomic E-state index is 10.9. The van der Waals surface area contributed by atoms with Gasteiger partial charge >= 0.3 is 0 Å². The summed E-state index contributed by atoms with van der Waals surface area (Å²) in [7, 11) is -2.75. The van der Waals surface area contributed by atoms with Crippen molar-refractivity contribution in [2.75, 3.05) is 13.2 Å². The Morgan fingerprint density at radius 1 is 0.781 bits per heavy atom. The first-order valence-electron chi connectivity index (χ1n) is 11.1. The lowest BCUT2D eigenvalue weighted by Gasteiger charge is -2.43. The molecule has 0 saturated carbocycles. The highest BCUT2D eigenvalue weighted by molar-refractivity contribution is 6.99. The van der Waals surface area contributed by atoms with Gasteiger partial charge in [-0.05, 0) is 21.0 Å². The van der Waals surface area contributed by atoms with E-state index in [1.807, 2.05) is 66.7 Å². The van der Waals surface area contributed by atoms with Gasteiger partial charge in [-0.2, -0.15) is 0 Å². The van der Waals surface area contributed by atoms with Gasteiger partial charge in [-0.25, -0.2) is 0 Å². The molecule has 0 bridgehead atoms. The quantitative estimate of drug-likeness (QED) is 0.464. The molecule has 0 aromatic heterocycles. The van der Waals surface area contributed by atoms with E-state index in [0.29, 0.717) is 6.61 Å². The van der Waals surface area contributed by atoms with Crippen LogP contribution in [-0.2, 0) is 15.8 Å². The van der Waals surface area contributed by atoms with Crippen molar-refractivity contribution in [2.24, 2.45) is 0 Å². The largest absolute Gasteiger partial charge is 0.405 e. The lowest BCUT2D eigenvalue weighted by Crippen LogP contribution is -2.67. The summed E-state index contributed by atoms with van der Waals surface area (Å²) in [6, 6.07) is 30.3. The van der Waals surface area contributed by atoms with Crippen LogP contribution in [0.1, 0.15) is 26.3 Å². The molecule has 0 radical (unpaired) electrons. The Hall–Kier alpha value is -2.28. The first kappa shape index (κ1) is 24.4. The van der Waals surface area contributed by atoms with Crippen LogP contribution in [0.3, 0.4) is 0 Å². The summed E-state index contributed by atoms with van der Waals surface area (Å²) in [6.07, 6.45) is -1.68. The minimum atomic E-state index is -2.75. The Kier molecular flexibility index (Phi) is 8.40. The second-order valence-electron chi connectivity index (χ2n) is 9.06. The Balaban J connectivity index is 1.85. The lowest BCUT2D eigenvalue weighted by atomic mass is 10.2. The van der Waals surface area contributed by atoms with Crippen LogP contribution in [0.5, 0.6) is 0 Å². The molecule has 3 aromatic carbocycles. The van der Waals surface area contributed by atoms with E-state index in [9.17, 15) is 10.2 Å². The third-order valence-corrected chi connectivity index (χ3v) is 10.8. The third kappa shape index (κ3) is 5.55. The van der Waals surface area contributed by atoms with Crippen molar-refractivity contribution in [1.82, 2.24) is 0 Å². The molecule has 2 atom stereocenters. The molecule has 0 fully saturated rings. The molecule has 0 saturated heterocycles. The van der Waals surface area contributed by atoms with Crippen LogP contribution in [0.25, 0.3) is 0 Å². The monoisotopic (exact) mass is 450 g/mol. The summed E-state index contributed by atoms with van der Waals surface area (Å²) in [5, 5.41) is 22.9. The number of rotatable bonds is 10. The second kappa shape index (κ2) is 11.0. The highest BCUT2D eigenvalue weighted by Crippen LogP contribution is 2.36. The van der Waals surface area contributed by atoms with Gasteiger partial charge in [-0.1, -0.05) is 112 Å². The van der Waals surface area contributed by atoms with E-state index in [1.165, 1.54) is 0 Å². The van der Waals surface area contributed by atoms with Gasteiger partial charge in [0.05, 0.1) is 19.8 Å². The predicted molar refractivity (Wildman–Crippen MR) is 132 cm³/mol. The second-order valence-corrected chi connectivity index (χ2v) is 13.4. The first-order chi connectivity index (χ1) is 15.4. The molecule has 0 aliphatic rings. The zero-order chi connectivity index (χ0) is 23.0. The van der Waals surface area contributed by atoms with Gasteiger partial charge in [0.2, 0.25) is 0 Å². The smallest absolute Gasteiger partial charge is 0.261 e. The van der Waals surface area contributed by atoms with Crippen LogP contribution in [0.15, 0.2) is 91.0 Å². The van der Waals surface area contributed by atoms with Crippen LogP contribution in [0, 0.1) is 0 Å². The summed E-state index contributed by atoms with van der Waals surface area (Å²) in [6.45, 7) is 6.71. The fourth-order valence-corrected chi connectivity index (χ4v) is 8.72. The standard InChI is InChI=1S/C27H34O4Si/c1-27(2,3)32(23-15-9-5-10-16-23,24-17-11-6-12-18-24)31-21-25(29)26(19-28)30-20-22-13-7-4-8-14-22/h4-18,25-26,28-29H,19-21H2,1-3H3/t25-,26-/m1/s1. The maximum atomic E-state index is 10.9. The highest BCUT2D eigenvalue weighted by Gasteiger charge is 2.50. The molecule has 0 spiro atoms. The SMILES string of the molecule is CC(C)(C)[Si](OC[C@@H](O)[C@@H](CO)OCc1ccccc1)(c1ccccc1)c1ccccc1. The van der Waals surface area contributed by atoms with Gasteiger partial charge < -0.3 is 19.4 Å². The summed E-state index contributed by atoms with van der Waals surface area (Å²) in [5.41, 5.74) is 0.992. The molecule has 3 aromatic rings. The number of hydrogen-bond acceptors (Lipinski definition) is 4. The molecule has 32 heavy (non-hydrogen) atoms. The molecule has 0 amide bonds. The summed E-state index contributed by atoms with van der Waals surface area (Å²) in [5.74, 6) is 0. The van der Waals surface area contributed by atoms with Crippen molar-refractivity contribution in [3.05, 3.63) is 96.6 Å². The van der Waals surface area contributed by atoms with Crippen LogP contribution in [-0.4, -0.2) is 44.0 Å². The van der Waals surface area contributed by atoms with Crippen LogP contribution in [0.2, 0.25) is 5.04 Å². The molecule has 0 aliphatic heterocycles. The number of aliphatic hydroxyl groups is 2. The van der Waals surface area contributed by atoms with Gasteiger partial charge in [-0.3, -0.25) is 0 Å². The van der Waals surface area contributed by atoms with Crippen molar-refractivity contribution in [3.63, 3.8) is 0 Å². The van der Waals surface area contributed by atoms with Gasteiger partial charge in [-0.15, -0.1) is 0 Å². The number of ether oxygens (including phenoxy) is 1. The van der Waals surface area contributed by atoms with Crippen LogP contribution < -0.4 is 10.4 Å². The minimum Gasteiger partial charge on any atom is -0.405 e. The molecule has 170 valence electrons. The Morgan fingerprint density at radius 3 is 1.69 bits per heavy atom. The van der Waals surface area contributed by atoms with E-state index in [-0.39, 0.29) is 18.3 Å². The molecule has 4 nitrogen and oxygen atoms in total. The Bertz CT molecular complexity index is 887. The molecule has 0 unspecified atom stereocenters. The van der Waals surface area contributed by atoms with Crippen molar-refractivity contribution in [2.45, 2.75) is 44.6 Å². The average molecular weight is 451 g/mol. The minimum absolute atomic E-state index is 0.0767. The van der Waals surface area contributed by atoms with E-state index in [2.05, 4.69) is 45.0 Å². The van der Waals surface area contributed by atoms with Gasteiger partial charge in [0.1, 0.15) is 12.2 Å². The summed E-state index contributed by atoms with van der Waals surface area (Å²) < 4.78 is 12.6. The fourth-order valence-electron chi connectivity index (χ4n) is 4.14. The zero-order valence-corrected chi connectivity index (χ0v) is 20.1. The van der Waals surface area contributed by atoms with E-state index in [1.54, 1.807) is 0 Å². The Labute approximate surface area is 192 Å². The van der Waals surface area contributed by atoms with Crippen molar-refractivity contribution in [3.8, 4) is 0 Å². The molecule has 0 heterocycles. The Morgan fingerprint density at radius 2 is 1.25 bits per heavy atom. The highest BCUT2D eigenvalue weighted by atomic mass is 28.4. The fraction of sp³-hybridized carbons (Fsp3) is 0.333. The number of hydrogen-bond donors (Lipinski definition) is 2. The molecule has 5 heteroatoms. The van der Waals surface area contributed by atoms with Crippen molar-refractivity contribution < 1.29 is 19.4 Å². The zero-order valence-electron chi connectivity index (χ0n) is 19.1. The van der Waals surface area contributed by atoms with Gasteiger partial charge in [0.15, 0.2) is 0 Å². The molecular formula is C27H34O4Si. The topological polar surface area (TPSA) is 58.9 Å². The van der Waals surface area contributed by atoms with Crippen LogP contribution in [0.4, 0.5) is 0 Å². The predicted octanol–water partition coefficient (Wildman–Crippen LogP) is 3.50. The van der Waals surface area contributed by atoms with E-state index >= 15 is 0 Å². The van der Waals surface area contributed by atoms with E-state index < -0.39 is 20.5 Å². The van der Waals surface area contributed by atoms with E-state index in [0.717, 1.165) is 15.9 Å². The first-order valence-corrected chi connectivity index (χ1v) is 13.0. The summed E-state index contributed by atoms with van der Waals surface area (Å²) >= 11 is 0. The molecular weight excluding hydrogens is 416 g/mol. The lowest BCUT2D eigenvalue weighted by molar-refractivity contribution is -0.0839. The normalized spacial score (nSPS) is 14.2. The molecule has 3 rings (SSSR count). The maximum Gasteiger partial charge on any atom is 0.261 e. The van der Waals surface area contributed by atoms with E-state index in [4.69, 9.17) is 9.16 Å². The number of aliphatic hydroxyl groups excluding tert-OH is 2. The molecule has 0 aliphatic carbocycles. The molecule has 2 N–H and O–H groups in total. The number of benzene rings is 3. The van der Waals surface area contributed by atoms with Crippen molar-refractivity contribution in [1.29, 1.82) is 0 Å². The third-order valence-electron chi connectivity index (χ3n) is 5.80. The summed E-state index contributed by atoms with van der Waals surface area (Å²) in [4.78, 5) is 0.